The van der Waals surface area contributed by atoms with E-state index in [1.807, 2.05) is 28.8 Å². The van der Waals surface area contributed by atoms with Gasteiger partial charge >= 0.3 is 0 Å². The summed E-state index contributed by atoms with van der Waals surface area (Å²) in [4.78, 5) is 27.5. The third-order valence-corrected chi connectivity index (χ3v) is 5.34. The molecule has 3 aromatic rings. The lowest BCUT2D eigenvalue weighted by Gasteiger charge is -2.15. The van der Waals surface area contributed by atoms with Crippen molar-refractivity contribution in [2.45, 2.75) is 17.3 Å². The van der Waals surface area contributed by atoms with Crippen molar-refractivity contribution in [1.29, 1.82) is 0 Å². The Morgan fingerprint density at radius 1 is 1.20 bits per heavy atom. The summed E-state index contributed by atoms with van der Waals surface area (Å²) in [5.41, 5.74) is 0.980. The van der Waals surface area contributed by atoms with E-state index in [9.17, 15) is 14.9 Å². The number of rotatable bonds is 8. The number of nitrogens with one attached hydrogen (secondary N) is 1. The van der Waals surface area contributed by atoms with Gasteiger partial charge in [-0.3, -0.25) is 19.5 Å². The van der Waals surface area contributed by atoms with Crippen molar-refractivity contribution in [3.63, 3.8) is 0 Å². The average Bonchev–Trinajstić information content (AvgIpc) is 3.21. The maximum Gasteiger partial charge on any atom is 0.271 e. The molecule has 0 saturated heterocycles. The summed E-state index contributed by atoms with van der Waals surface area (Å²) in [7, 11) is 3.03. The Kier molecular flexibility index (Phi) is 6.58. The third-order valence-electron chi connectivity index (χ3n) is 4.26. The molecular weight excluding hydrogens is 408 g/mol. The number of imidazole rings is 1. The zero-order chi connectivity index (χ0) is 21.7. The van der Waals surface area contributed by atoms with Crippen LogP contribution in [0.4, 0.5) is 11.4 Å². The van der Waals surface area contributed by atoms with E-state index in [-0.39, 0.29) is 17.3 Å². The predicted molar refractivity (Wildman–Crippen MR) is 114 cm³/mol. The van der Waals surface area contributed by atoms with Crippen molar-refractivity contribution in [3.8, 4) is 17.2 Å². The maximum absolute atomic E-state index is 12.7. The van der Waals surface area contributed by atoms with Crippen molar-refractivity contribution in [2.75, 3.05) is 19.5 Å². The zero-order valence-corrected chi connectivity index (χ0v) is 17.4. The summed E-state index contributed by atoms with van der Waals surface area (Å²) in [5.74, 6) is 0.751. The van der Waals surface area contributed by atoms with Gasteiger partial charge in [0.1, 0.15) is 11.5 Å². The number of ether oxygens (including phenoxy) is 2. The number of thioether (sulfide) groups is 1. The van der Waals surface area contributed by atoms with Crippen LogP contribution in [0.2, 0.25) is 0 Å². The molecule has 1 unspecified atom stereocenters. The Morgan fingerprint density at radius 2 is 1.93 bits per heavy atom. The topological polar surface area (TPSA) is 109 Å². The van der Waals surface area contributed by atoms with E-state index in [1.165, 1.54) is 37.1 Å². The minimum absolute atomic E-state index is 0.138. The number of nitro benzene ring substituents is 1. The molecule has 9 nitrogen and oxygen atoms in total. The van der Waals surface area contributed by atoms with Gasteiger partial charge in [-0.1, -0.05) is 11.8 Å². The summed E-state index contributed by atoms with van der Waals surface area (Å²) >= 11 is 1.27. The van der Waals surface area contributed by atoms with Crippen LogP contribution >= 0.6 is 11.8 Å². The van der Waals surface area contributed by atoms with Crippen molar-refractivity contribution in [1.82, 2.24) is 9.55 Å². The van der Waals surface area contributed by atoms with Crippen LogP contribution in [-0.2, 0) is 4.79 Å². The monoisotopic (exact) mass is 428 g/mol. The molecule has 0 radical (unpaired) electrons. The van der Waals surface area contributed by atoms with Gasteiger partial charge in [0, 0.05) is 30.2 Å². The number of anilines is 1. The molecule has 0 saturated carbocycles. The van der Waals surface area contributed by atoms with Gasteiger partial charge in [-0.2, -0.15) is 0 Å². The summed E-state index contributed by atoms with van der Waals surface area (Å²) in [5, 5.41) is 13.8. The molecule has 156 valence electrons. The Hall–Kier alpha value is -3.53. The second kappa shape index (κ2) is 9.31. The number of amides is 1. The molecule has 1 heterocycles. The van der Waals surface area contributed by atoms with E-state index in [0.29, 0.717) is 10.9 Å². The minimum atomic E-state index is -0.529. The number of nitrogens with zero attached hydrogens (tertiary/aromatic N) is 3. The van der Waals surface area contributed by atoms with Gasteiger partial charge in [-0.25, -0.2) is 4.98 Å². The Bertz CT molecular complexity index is 1050. The minimum Gasteiger partial charge on any atom is -0.497 e. The molecule has 0 aliphatic heterocycles. The fourth-order valence-electron chi connectivity index (χ4n) is 2.67. The molecule has 3 rings (SSSR count). The number of benzene rings is 2. The van der Waals surface area contributed by atoms with Gasteiger partial charge in [0.2, 0.25) is 5.91 Å². The third kappa shape index (κ3) is 4.71. The van der Waals surface area contributed by atoms with E-state index >= 15 is 0 Å². The first-order valence-electron chi connectivity index (χ1n) is 8.90. The highest BCUT2D eigenvalue weighted by Gasteiger charge is 2.20. The van der Waals surface area contributed by atoms with Gasteiger partial charge in [0.15, 0.2) is 5.16 Å². The van der Waals surface area contributed by atoms with E-state index in [4.69, 9.17) is 9.47 Å². The molecular formula is C20H20N4O5S. The normalized spacial score (nSPS) is 11.6. The van der Waals surface area contributed by atoms with Gasteiger partial charge in [-0.05, 0) is 37.3 Å². The standard InChI is InChI=1S/C20H20N4O5S/c1-13(19(25)22-17-12-15(24(26)27)6-9-18(17)29-3)30-20-21-10-11-23(20)14-4-7-16(28-2)8-5-14/h4-13H,1-3H3,(H,22,25). The van der Waals surface area contributed by atoms with Crippen LogP contribution in [0.3, 0.4) is 0 Å². The molecule has 1 amide bonds. The van der Waals surface area contributed by atoms with Crippen molar-refractivity contribution >= 4 is 29.0 Å². The first-order valence-corrected chi connectivity index (χ1v) is 9.78. The van der Waals surface area contributed by atoms with E-state index in [1.54, 1.807) is 26.4 Å². The van der Waals surface area contributed by atoms with Crippen molar-refractivity contribution < 1.29 is 19.2 Å². The molecule has 1 N–H and O–H groups in total. The predicted octanol–water partition coefficient (Wildman–Crippen LogP) is 3.92. The van der Waals surface area contributed by atoms with Crippen LogP contribution < -0.4 is 14.8 Å². The van der Waals surface area contributed by atoms with E-state index in [0.717, 1.165) is 11.4 Å². The zero-order valence-electron chi connectivity index (χ0n) is 16.6. The van der Waals surface area contributed by atoms with Crippen LogP contribution in [0, 0.1) is 10.1 Å². The number of non-ortho nitro benzene ring substituents is 1. The molecule has 0 spiro atoms. The molecule has 30 heavy (non-hydrogen) atoms. The maximum atomic E-state index is 12.7. The first-order chi connectivity index (χ1) is 14.4. The largest absolute Gasteiger partial charge is 0.497 e. The lowest BCUT2D eigenvalue weighted by molar-refractivity contribution is -0.384. The van der Waals surface area contributed by atoms with Gasteiger partial charge in [-0.15, -0.1) is 0 Å². The number of carbonyl (C=O) groups excluding carboxylic acids is 1. The highest BCUT2D eigenvalue weighted by molar-refractivity contribution is 8.00. The number of nitro groups is 1. The Balaban J connectivity index is 1.75. The van der Waals surface area contributed by atoms with Crippen molar-refractivity contribution in [2.24, 2.45) is 0 Å². The highest BCUT2D eigenvalue weighted by atomic mass is 32.2. The van der Waals surface area contributed by atoms with E-state index < -0.39 is 10.2 Å². The molecule has 2 aromatic carbocycles. The fourth-order valence-corrected chi connectivity index (χ4v) is 3.55. The van der Waals surface area contributed by atoms with E-state index in [2.05, 4.69) is 10.3 Å². The smallest absolute Gasteiger partial charge is 0.271 e. The molecule has 0 bridgehead atoms. The highest BCUT2D eigenvalue weighted by Crippen LogP contribution is 2.31. The molecule has 0 fully saturated rings. The lowest BCUT2D eigenvalue weighted by atomic mass is 10.2. The number of hydrogen-bond acceptors (Lipinski definition) is 7. The number of carbonyl (C=O) groups is 1. The van der Waals surface area contributed by atoms with Crippen LogP contribution in [0.25, 0.3) is 5.69 Å². The number of hydrogen-bond donors (Lipinski definition) is 1. The fraction of sp³-hybridized carbons (Fsp3) is 0.200. The van der Waals surface area contributed by atoms with Crippen LogP contribution in [-0.4, -0.2) is 39.9 Å². The number of methoxy groups -OCH3 is 2. The van der Waals surface area contributed by atoms with Gasteiger partial charge in [0.25, 0.3) is 5.69 Å². The Morgan fingerprint density at radius 3 is 2.57 bits per heavy atom. The van der Waals surface area contributed by atoms with Gasteiger partial charge < -0.3 is 14.8 Å². The van der Waals surface area contributed by atoms with Crippen LogP contribution in [0.1, 0.15) is 6.92 Å². The van der Waals surface area contributed by atoms with Crippen molar-refractivity contribution in [3.05, 3.63) is 65.0 Å². The SMILES string of the molecule is COc1ccc(-n2ccnc2SC(C)C(=O)Nc2cc([N+](=O)[O-])ccc2OC)cc1. The second-order valence-corrected chi connectivity index (χ2v) is 7.48. The number of aromatic nitrogens is 2. The Labute approximate surface area is 177 Å². The van der Waals surface area contributed by atoms with Gasteiger partial charge in [0.05, 0.1) is 30.1 Å². The lowest BCUT2D eigenvalue weighted by Crippen LogP contribution is -2.23. The average molecular weight is 428 g/mol. The molecule has 1 atom stereocenters. The first kappa shape index (κ1) is 21.2. The molecule has 10 heteroatoms. The second-order valence-electron chi connectivity index (χ2n) is 6.17. The van der Waals surface area contributed by atoms with Crippen LogP contribution in [0.15, 0.2) is 60.0 Å². The summed E-state index contributed by atoms with van der Waals surface area (Å²) < 4.78 is 12.2. The van der Waals surface area contributed by atoms with Crippen LogP contribution in [0.5, 0.6) is 11.5 Å². The molecule has 0 aliphatic rings. The quantitative estimate of drug-likeness (QED) is 0.329. The molecule has 0 aliphatic carbocycles. The summed E-state index contributed by atoms with van der Waals surface area (Å²) in [6, 6.07) is 11.5. The summed E-state index contributed by atoms with van der Waals surface area (Å²) in [6.07, 6.45) is 3.46. The summed E-state index contributed by atoms with van der Waals surface area (Å²) in [6.45, 7) is 1.73. The molecule has 1 aromatic heterocycles.